The summed E-state index contributed by atoms with van der Waals surface area (Å²) < 4.78 is 9.69. The van der Waals surface area contributed by atoms with E-state index >= 15 is 0 Å². The minimum absolute atomic E-state index is 0.136. The number of allylic oxidation sites excluding steroid dienone is 2. The number of aliphatic hydroxyl groups is 1. The SMILES string of the molecule is COC(=O)C1C=C(C(C)(C)CC/C=C(\C)C(C)(C)C)C(O)CC1C(=O)OC. The molecule has 1 aliphatic carbocycles. The summed E-state index contributed by atoms with van der Waals surface area (Å²) in [5, 5.41) is 10.7. The van der Waals surface area contributed by atoms with Gasteiger partial charge in [-0.05, 0) is 42.6 Å². The number of hydrogen-bond acceptors (Lipinski definition) is 5. The van der Waals surface area contributed by atoms with E-state index in [0.29, 0.717) is 0 Å². The minimum atomic E-state index is -0.780. The standard InChI is InChI=1S/C22H36O5/c1-14(21(2,3)4)10-9-11-22(5,6)17-12-15(19(24)26-7)16(13-18(17)23)20(25)27-8/h10,12,15-16,18,23H,9,11,13H2,1-8H3/b14-10+. The van der Waals surface area contributed by atoms with Crippen molar-refractivity contribution in [2.45, 2.75) is 66.9 Å². The molecule has 0 spiro atoms. The average Bonchev–Trinajstić information content (AvgIpc) is 2.58. The molecule has 5 heteroatoms. The second-order valence-corrected chi connectivity index (χ2v) is 9.11. The van der Waals surface area contributed by atoms with Gasteiger partial charge in [0.05, 0.1) is 32.2 Å². The van der Waals surface area contributed by atoms with E-state index in [2.05, 4.69) is 47.6 Å². The predicted molar refractivity (Wildman–Crippen MR) is 106 cm³/mol. The van der Waals surface area contributed by atoms with Gasteiger partial charge in [-0.1, -0.05) is 52.3 Å². The molecular weight excluding hydrogens is 344 g/mol. The Morgan fingerprint density at radius 2 is 1.70 bits per heavy atom. The molecule has 3 unspecified atom stereocenters. The molecule has 0 saturated heterocycles. The van der Waals surface area contributed by atoms with Crippen LogP contribution in [0.25, 0.3) is 0 Å². The van der Waals surface area contributed by atoms with Crippen molar-refractivity contribution in [2.24, 2.45) is 22.7 Å². The maximum atomic E-state index is 12.2. The van der Waals surface area contributed by atoms with Crippen LogP contribution in [0.4, 0.5) is 0 Å². The van der Waals surface area contributed by atoms with Crippen LogP contribution < -0.4 is 0 Å². The maximum Gasteiger partial charge on any atom is 0.313 e. The average molecular weight is 381 g/mol. The van der Waals surface area contributed by atoms with E-state index in [4.69, 9.17) is 9.47 Å². The number of carbonyl (C=O) groups is 2. The summed E-state index contributed by atoms with van der Waals surface area (Å²) in [5.74, 6) is -2.43. The first kappa shape index (κ1) is 23.4. The number of ether oxygens (including phenoxy) is 2. The molecule has 0 aliphatic heterocycles. The van der Waals surface area contributed by atoms with Crippen molar-refractivity contribution < 1.29 is 24.2 Å². The molecule has 0 saturated carbocycles. The summed E-state index contributed by atoms with van der Waals surface area (Å²) in [6.07, 6.45) is 5.06. The molecule has 0 aromatic rings. The van der Waals surface area contributed by atoms with E-state index in [1.165, 1.54) is 19.8 Å². The molecule has 0 amide bonds. The van der Waals surface area contributed by atoms with Gasteiger partial charge in [0.1, 0.15) is 0 Å². The van der Waals surface area contributed by atoms with E-state index in [9.17, 15) is 14.7 Å². The zero-order valence-electron chi connectivity index (χ0n) is 18.1. The Morgan fingerprint density at radius 1 is 1.15 bits per heavy atom. The van der Waals surface area contributed by atoms with Gasteiger partial charge in [-0.25, -0.2) is 0 Å². The van der Waals surface area contributed by atoms with Crippen molar-refractivity contribution in [1.29, 1.82) is 0 Å². The monoisotopic (exact) mass is 380 g/mol. The van der Waals surface area contributed by atoms with Crippen LogP contribution in [0.5, 0.6) is 0 Å². The third kappa shape index (κ3) is 5.93. The second-order valence-electron chi connectivity index (χ2n) is 9.11. The van der Waals surface area contributed by atoms with Crippen LogP contribution >= 0.6 is 0 Å². The Bertz CT molecular complexity index is 607. The summed E-state index contributed by atoms with van der Waals surface area (Å²) >= 11 is 0. The van der Waals surface area contributed by atoms with E-state index in [1.807, 2.05) is 0 Å². The lowest BCUT2D eigenvalue weighted by atomic mass is 9.69. The molecule has 3 atom stereocenters. The molecule has 0 fully saturated rings. The molecule has 0 aromatic heterocycles. The zero-order valence-corrected chi connectivity index (χ0v) is 18.1. The van der Waals surface area contributed by atoms with Gasteiger partial charge in [-0.3, -0.25) is 9.59 Å². The first-order valence-electron chi connectivity index (χ1n) is 9.58. The maximum absolute atomic E-state index is 12.2. The second kappa shape index (κ2) is 9.05. The number of rotatable bonds is 6. The lowest BCUT2D eigenvalue weighted by Crippen LogP contribution is -2.40. The third-order valence-corrected chi connectivity index (χ3v) is 5.79. The Hall–Kier alpha value is -1.62. The summed E-state index contributed by atoms with van der Waals surface area (Å²) in [5.41, 5.74) is 1.95. The number of esters is 2. The van der Waals surface area contributed by atoms with Gasteiger partial charge in [0.2, 0.25) is 0 Å². The van der Waals surface area contributed by atoms with Gasteiger partial charge in [0.25, 0.3) is 0 Å². The van der Waals surface area contributed by atoms with Gasteiger partial charge in [-0.15, -0.1) is 0 Å². The highest BCUT2D eigenvalue weighted by Gasteiger charge is 2.43. The summed E-state index contributed by atoms with van der Waals surface area (Å²) in [4.78, 5) is 24.3. The van der Waals surface area contributed by atoms with Crippen LogP contribution in [0.15, 0.2) is 23.3 Å². The Kier molecular flexibility index (Phi) is 7.85. The van der Waals surface area contributed by atoms with Crippen LogP contribution in [0, 0.1) is 22.7 Å². The molecule has 0 radical (unpaired) electrons. The smallest absolute Gasteiger partial charge is 0.313 e. The Labute approximate surface area is 163 Å². The number of methoxy groups -OCH3 is 2. The van der Waals surface area contributed by atoms with Gasteiger partial charge in [-0.2, -0.15) is 0 Å². The molecule has 0 heterocycles. The fraction of sp³-hybridized carbons (Fsp3) is 0.727. The fourth-order valence-electron chi connectivity index (χ4n) is 3.47. The van der Waals surface area contributed by atoms with Gasteiger partial charge in [0.15, 0.2) is 0 Å². The van der Waals surface area contributed by atoms with Crippen LogP contribution in [0.1, 0.15) is 60.8 Å². The van der Waals surface area contributed by atoms with Crippen LogP contribution in [0.3, 0.4) is 0 Å². The highest BCUT2D eigenvalue weighted by Crippen LogP contribution is 2.42. The molecule has 154 valence electrons. The fourth-order valence-corrected chi connectivity index (χ4v) is 3.47. The van der Waals surface area contributed by atoms with Crippen LogP contribution in [-0.4, -0.2) is 37.4 Å². The number of aliphatic hydroxyl groups excluding tert-OH is 1. The lowest BCUT2D eigenvalue weighted by Gasteiger charge is -2.38. The Balaban J connectivity index is 3.08. The van der Waals surface area contributed by atoms with Crippen molar-refractivity contribution in [2.75, 3.05) is 14.2 Å². The third-order valence-electron chi connectivity index (χ3n) is 5.79. The molecule has 5 nitrogen and oxygen atoms in total. The van der Waals surface area contributed by atoms with E-state index < -0.39 is 29.9 Å². The van der Waals surface area contributed by atoms with E-state index in [1.54, 1.807) is 6.08 Å². The normalized spacial score (nSPS) is 24.3. The van der Waals surface area contributed by atoms with Gasteiger partial charge >= 0.3 is 11.9 Å². The molecule has 1 N–H and O–H groups in total. The Morgan fingerprint density at radius 3 is 2.19 bits per heavy atom. The largest absolute Gasteiger partial charge is 0.469 e. The highest BCUT2D eigenvalue weighted by molar-refractivity contribution is 5.84. The lowest BCUT2D eigenvalue weighted by molar-refractivity contribution is -0.157. The van der Waals surface area contributed by atoms with E-state index in [0.717, 1.165) is 18.4 Å². The first-order valence-corrected chi connectivity index (χ1v) is 9.58. The minimum Gasteiger partial charge on any atom is -0.469 e. The van der Waals surface area contributed by atoms with Crippen molar-refractivity contribution in [3.63, 3.8) is 0 Å². The summed E-state index contributed by atoms with van der Waals surface area (Å²) in [6, 6.07) is 0. The molecule has 1 aliphatic rings. The van der Waals surface area contributed by atoms with Crippen molar-refractivity contribution in [3.8, 4) is 0 Å². The van der Waals surface area contributed by atoms with Gasteiger partial charge in [0, 0.05) is 0 Å². The molecular formula is C22H36O5. The zero-order chi connectivity index (χ0) is 21.0. The van der Waals surface area contributed by atoms with Gasteiger partial charge < -0.3 is 14.6 Å². The summed E-state index contributed by atoms with van der Waals surface area (Å²) in [6.45, 7) is 12.8. The molecule has 1 rings (SSSR count). The highest BCUT2D eigenvalue weighted by atomic mass is 16.5. The molecule has 0 aromatic carbocycles. The van der Waals surface area contributed by atoms with Crippen LogP contribution in [0.2, 0.25) is 0 Å². The molecule has 0 bridgehead atoms. The first-order chi connectivity index (χ1) is 12.3. The van der Waals surface area contributed by atoms with Crippen molar-refractivity contribution in [3.05, 3.63) is 23.3 Å². The quantitative estimate of drug-likeness (QED) is 0.556. The van der Waals surface area contributed by atoms with Crippen molar-refractivity contribution >= 4 is 11.9 Å². The topological polar surface area (TPSA) is 72.8 Å². The number of hydrogen-bond donors (Lipinski definition) is 1. The summed E-state index contributed by atoms with van der Waals surface area (Å²) in [7, 11) is 2.59. The molecule has 27 heavy (non-hydrogen) atoms. The van der Waals surface area contributed by atoms with Crippen molar-refractivity contribution in [1.82, 2.24) is 0 Å². The van der Waals surface area contributed by atoms with Crippen LogP contribution in [-0.2, 0) is 19.1 Å². The predicted octanol–water partition coefficient (Wildman–Crippen LogP) is 4.05. The number of carbonyl (C=O) groups excluding carboxylic acids is 2. The van der Waals surface area contributed by atoms with E-state index in [-0.39, 0.29) is 17.3 Å².